The highest BCUT2D eigenvalue weighted by atomic mass is 32.2. The summed E-state index contributed by atoms with van der Waals surface area (Å²) >= 11 is 1.71. The van der Waals surface area contributed by atoms with Crippen LogP contribution in [0.5, 0.6) is 0 Å². The van der Waals surface area contributed by atoms with E-state index in [1.54, 1.807) is 17.8 Å². The summed E-state index contributed by atoms with van der Waals surface area (Å²) in [6.07, 6.45) is 0.792. The Morgan fingerprint density at radius 2 is 2.19 bits per heavy atom. The minimum atomic E-state index is -3.80. The lowest BCUT2D eigenvalue weighted by atomic mass is 10.2. The number of thioether (sulfide) groups is 1. The Kier molecular flexibility index (Phi) is 5.65. The molecular weight excluding hydrogens is 311 g/mol. The van der Waals surface area contributed by atoms with E-state index >= 15 is 0 Å². The highest BCUT2D eigenvalue weighted by molar-refractivity contribution is 7.99. The molecule has 1 aliphatic rings. The zero-order valence-electron chi connectivity index (χ0n) is 12.2. The molecule has 1 atom stereocenters. The number of halogens is 1. The maximum absolute atomic E-state index is 13.9. The maximum atomic E-state index is 13.9. The van der Waals surface area contributed by atoms with Crippen molar-refractivity contribution in [2.75, 3.05) is 11.5 Å². The fourth-order valence-corrected chi connectivity index (χ4v) is 4.75. The Bertz CT molecular complexity index is 585. The van der Waals surface area contributed by atoms with Gasteiger partial charge in [0.2, 0.25) is 10.0 Å². The van der Waals surface area contributed by atoms with Gasteiger partial charge >= 0.3 is 0 Å². The summed E-state index contributed by atoms with van der Waals surface area (Å²) in [4.78, 5) is -0.262. The molecule has 0 spiro atoms. The topological polar surface area (TPSA) is 58.2 Å². The molecule has 0 bridgehead atoms. The molecule has 1 unspecified atom stereocenters. The van der Waals surface area contributed by atoms with E-state index in [1.807, 2.05) is 13.8 Å². The second kappa shape index (κ2) is 7.09. The highest BCUT2D eigenvalue weighted by Crippen LogP contribution is 2.21. The van der Waals surface area contributed by atoms with Crippen LogP contribution in [0, 0.1) is 5.82 Å². The van der Waals surface area contributed by atoms with Gasteiger partial charge in [0, 0.05) is 24.4 Å². The van der Waals surface area contributed by atoms with Gasteiger partial charge in [-0.15, -0.1) is 0 Å². The summed E-state index contributed by atoms with van der Waals surface area (Å²) in [5, 5.41) is 3.19. The second-order valence-corrected chi connectivity index (χ2v) is 8.31. The van der Waals surface area contributed by atoms with Crippen molar-refractivity contribution >= 4 is 21.8 Å². The van der Waals surface area contributed by atoms with Gasteiger partial charge in [-0.3, -0.25) is 0 Å². The van der Waals surface area contributed by atoms with Crippen molar-refractivity contribution in [2.45, 2.75) is 43.8 Å². The van der Waals surface area contributed by atoms with Crippen LogP contribution in [0.4, 0.5) is 4.39 Å². The maximum Gasteiger partial charge on any atom is 0.243 e. The van der Waals surface area contributed by atoms with Crippen molar-refractivity contribution in [3.63, 3.8) is 0 Å². The monoisotopic (exact) mass is 332 g/mol. The summed E-state index contributed by atoms with van der Waals surface area (Å²) in [6, 6.07) is 4.42. The van der Waals surface area contributed by atoms with Gasteiger partial charge < -0.3 is 5.32 Å². The number of rotatable bonds is 6. The van der Waals surface area contributed by atoms with Gasteiger partial charge in [-0.2, -0.15) is 11.8 Å². The molecule has 7 heteroatoms. The first kappa shape index (κ1) is 16.7. The standard InChI is InChI=1S/C14H21FN2O2S2/c1-10(2)16-8-11-3-4-13(15)14(7-11)21(18,19)17-12-5-6-20-9-12/h3-4,7,10,12,16-17H,5-6,8-9H2,1-2H3. The third-order valence-corrected chi connectivity index (χ3v) is 5.95. The van der Waals surface area contributed by atoms with Crippen molar-refractivity contribution in [3.05, 3.63) is 29.6 Å². The summed E-state index contributed by atoms with van der Waals surface area (Å²) in [5.74, 6) is 0.977. The second-order valence-electron chi connectivity index (χ2n) is 5.48. The Labute approximate surface area is 129 Å². The van der Waals surface area contributed by atoms with Crippen LogP contribution in [0.1, 0.15) is 25.8 Å². The molecule has 21 heavy (non-hydrogen) atoms. The Morgan fingerprint density at radius 1 is 1.43 bits per heavy atom. The van der Waals surface area contributed by atoms with E-state index in [0.717, 1.165) is 23.5 Å². The molecule has 0 aliphatic carbocycles. The van der Waals surface area contributed by atoms with Crippen molar-refractivity contribution in [3.8, 4) is 0 Å². The average Bonchev–Trinajstić information content (AvgIpc) is 2.89. The van der Waals surface area contributed by atoms with Crippen LogP contribution >= 0.6 is 11.8 Å². The zero-order chi connectivity index (χ0) is 15.5. The molecule has 1 fully saturated rings. The van der Waals surface area contributed by atoms with Crippen LogP contribution in [-0.4, -0.2) is 32.0 Å². The fourth-order valence-electron chi connectivity index (χ4n) is 2.10. The van der Waals surface area contributed by atoms with Crippen molar-refractivity contribution in [1.29, 1.82) is 0 Å². The molecule has 2 rings (SSSR count). The van der Waals surface area contributed by atoms with E-state index in [2.05, 4.69) is 10.0 Å². The molecular formula is C14H21FN2O2S2. The molecule has 0 saturated carbocycles. The highest BCUT2D eigenvalue weighted by Gasteiger charge is 2.25. The van der Waals surface area contributed by atoms with Crippen LogP contribution in [-0.2, 0) is 16.6 Å². The molecule has 0 aromatic heterocycles. The Hall–Kier alpha value is -0.630. The zero-order valence-corrected chi connectivity index (χ0v) is 13.9. The van der Waals surface area contributed by atoms with Gasteiger partial charge in [0.1, 0.15) is 10.7 Å². The predicted octanol–water partition coefficient (Wildman–Crippen LogP) is 2.11. The molecule has 1 aromatic rings. The smallest absolute Gasteiger partial charge is 0.243 e. The molecule has 118 valence electrons. The SMILES string of the molecule is CC(C)NCc1ccc(F)c(S(=O)(=O)NC2CCSC2)c1. The number of nitrogens with one attached hydrogen (secondary N) is 2. The first-order valence-corrected chi connectivity index (χ1v) is 9.64. The summed E-state index contributed by atoms with van der Waals surface area (Å²) in [5.41, 5.74) is 0.756. The molecule has 0 amide bonds. The van der Waals surface area contributed by atoms with Crippen LogP contribution < -0.4 is 10.0 Å². The van der Waals surface area contributed by atoms with Crippen molar-refractivity contribution in [1.82, 2.24) is 10.0 Å². The number of sulfonamides is 1. The summed E-state index contributed by atoms with van der Waals surface area (Å²) < 4.78 is 41.1. The third-order valence-electron chi connectivity index (χ3n) is 3.25. The molecule has 0 radical (unpaired) electrons. The molecule has 1 aromatic carbocycles. The van der Waals surface area contributed by atoms with Crippen LogP contribution in [0.25, 0.3) is 0 Å². The Morgan fingerprint density at radius 3 is 2.81 bits per heavy atom. The first-order chi connectivity index (χ1) is 9.88. The van der Waals surface area contributed by atoms with Crippen LogP contribution in [0.15, 0.2) is 23.1 Å². The lowest BCUT2D eigenvalue weighted by Crippen LogP contribution is -2.35. The van der Waals surface area contributed by atoms with Gasteiger partial charge in [0.25, 0.3) is 0 Å². The van der Waals surface area contributed by atoms with Gasteiger partial charge in [-0.1, -0.05) is 19.9 Å². The van der Waals surface area contributed by atoms with Crippen molar-refractivity contribution < 1.29 is 12.8 Å². The fraction of sp³-hybridized carbons (Fsp3) is 0.571. The largest absolute Gasteiger partial charge is 0.310 e. The van der Waals surface area contributed by atoms with E-state index in [4.69, 9.17) is 0 Å². The van der Waals surface area contributed by atoms with E-state index < -0.39 is 15.8 Å². The van der Waals surface area contributed by atoms with E-state index in [1.165, 1.54) is 12.1 Å². The number of hydrogen-bond donors (Lipinski definition) is 2. The van der Waals surface area contributed by atoms with Gasteiger partial charge in [0.15, 0.2) is 0 Å². The number of benzene rings is 1. The van der Waals surface area contributed by atoms with E-state index in [9.17, 15) is 12.8 Å². The molecule has 2 N–H and O–H groups in total. The minimum Gasteiger partial charge on any atom is -0.310 e. The third kappa shape index (κ3) is 4.67. The molecule has 1 aliphatic heterocycles. The van der Waals surface area contributed by atoms with Gasteiger partial charge in [0.05, 0.1) is 0 Å². The van der Waals surface area contributed by atoms with Gasteiger partial charge in [-0.25, -0.2) is 17.5 Å². The van der Waals surface area contributed by atoms with Crippen LogP contribution in [0.3, 0.4) is 0 Å². The Balaban J connectivity index is 2.18. The van der Waals surface area contributed by atoms with Crippen molar-refractivity contribution in [2.24, 2.45) is 0 Å². The minimum absolute atomic E-state index is 0.100. The lowest BCUT2D eigenvalue weighted by molar-refractivity contribution is 0.542. The molecule has 1 heterocycles. The lowest BCUT2D eigenvalue weighted by Gasteiger charge is -2.14. The molecule has 4 nitrogen and oxygen atoms in total. The van der Waals surface area contributed by atoms with Gasteiger partial charge in [-0.05, 0) is 29.9 Å². The molecule has 1 saturated heterocycles. The summed E-state index contributed by atoms with van der Waals surface area (Å²) in [6.45, 7) is 4.51. The normalized spacial score (nSPS) is 19.3. The van der Waals surface area contributed by atoms with Crippen LogP contribution in [0.2, 0.25) is 0 Å². The predicted molar refractivity (Wildman–Crippen MR) is 84.4 cm³/mol. The number of hydrogen-bond acceptors (Lipinski definition) is 4. The quantitative estimate of drug-likeness (QED) is 0.838. The first-order valence-electron chi connectivity index (χ1n) is 7.00. The van der Waals surface area contributed by atoms with E-state index in [-0.39, 0.29) is 17.0 Å². The summed E-state index contributed by atoms with van der Waals surface area (Å²) in [7, 11) is -3.80. The average molecular weight is 332 g/mol. The van der Waals surface area contributed by atoms with E-state index in [0.29, 0.717) is 6.54 Å².